The van der Waals surface area contributed by atoms with Gasteiger partial charge in [-0.3, -0.25) is 4.68 Å². The number of methoxy groups -OCH3 is 1. The Labute approximate surface area is 114 Å². The van der Waals surface area contributed by atoms with Crippen molar-refractivity contribution < 1.29 is 4.74 Å². The molecule has 0 aliphatic carbocycles. The van der Waals surface area contributed by atoms with E-state index in [9.17, 15) is 0 Å². The third-order valence-corrected chi connectivity index (χ3v) is 3.16. The molecule has 0 spiro atoms. The van der Waals surface area contributed by atoms with Gasteiger partial charge in [0.2, 0.25) is 0 Å². The summed E-state index contributed by atoms with van der Waals surface area (Å²) in [5.41, 5.74) is 2.32. The van der Waals surface area contributed by atoms with Gasteiger partial charge in [0.1, 0.15) is 0 Å². The quantitative estimate of drug-likeness (QED) is 0.602. The highest BCUT2D eigenvalue weighted by Gasteiger charge is 2.12. The first-order chi connectivity index (χ1) is 8.56. The average molecular weight is 270 g/mol. The lowest BCUT2D eigenvalue weighted by Crippen LogP contribution is -2.37. The summed E-state index contributed by atoms with van der Waals surface area (Å²) < 4.78 is 6.84. The van der Waals surface area contributed by atoms with Gasteiger partial charge >= 0.3 is 0 Å². The maximum atomic E-state index is 5.24. The average Bonchev–Trinajstić information content (AvgIpc) is 2.66. The lowest BCUT2D eigenvalue weighted by Gasteiger charge is -2.16. The van der Waals surface area contributed by atoms with Crippen LogP contribution in [-0.4, -0.2) is 35.2 Å². The van der Waals surface area contributed by atoms with Crippen molar-refractivity contribution in [2.45, 2.75) is 26.3 Å². The van der Waals surface area contributed by atoms with Crippen molar-refractivity contribution in [3.8, 4) is 0 Å². The molecular weight excluding hydrogens is 248 g/mol. The van der Waals surface area contributed by atoms with E-state index in [1.54, 1.807) is 7.11 Å². The van der Waals surface area contributed by atoms with E-state index < -0.39 is 0 Å². The van der Waals surface area contributed by atoms with Gasteiger partial charge in [0.15, 0.2) is 5.11 Å². The van der Waals surface area contributed by atoms with Crippen LogP contribution in [0.25, 0.3) is 0 Å². The van der Waals surface area contributed by atoms with E-state index in [1.807, 2.05) is 17.9 Å². The molecule has 1 rings (SSSR count). The van der Waals surface area contributed by atoms with E-state index in [1.165, 1.54) is 5.56 Å². The summed E-state index contributed by atoms with van der Waals surface area (Å²) in [5.74, 6) is 0. The van der Waals surface area contributed by atoms with Gasteiger partial charge in [0.25, 0.3) is 0 Å². The Kier molecular flexibility index (Phi) is 6.07. The maximum Gasteiger partial charge on any atom is 0.166 e. The van der Waals surface area contributed by atoms with Crippen molar-refractivity contribution >= 4 is 17.3 Å². The second-order valence-electron chi connectivity index (χ2n) is 4.28. The second-order valence-corrected chi connectivity index (χ2v) is 4.69. The van der Waals surface area contributed by atoms with Gasteiger partial charge in [-0.05, 0) is 32.5 Å². The normalized spacial score (nSPS) is 12.2. The van der Waals surface area contributed by atoms with Gasteiger partial charge in [-0.1, -0.05) is 0 Å². The van der Waals surface area contributed by atoms with Crippen molar-refractivity contribution in [1.82, 2.24) is 20.4 Å². The van der Waals surface area contributed by atoms with Crippen molar-refractivity contribution in [2.75, 3.05) is 20.3 Å². The molecule has 102 valence electrons. The van der Waals surface area contributed by atoms with E-state index in [0.29, 0.717) is 5.11 Å². The third-order valence-electron chi connectivity index (χ3n) is 2.90. The predicted octanol–water partition coefficient (Wildman–Crippen LogP) is 1.29. The number of aromatic nitrogens is 2. The Hall–Kier alpha value is -1.14. The highest BCUT2D eigenvalue weighted by molar-refractivity contribution is 7.80. The highest BCUT2D eigenvalue weighted by atomic mass is 32.1. The summed E-state index contributed by atoms with van der Waals surface area (Å²) in [6.07, 6.45) is 2.82. The van der Waals surface area contributed by atoms with E-state index in [-0.39, 0.29) is 6.04 Å². The minimum absolute atomic E-state index is 0.154. The molecule has 1 heterocycles. The van der Waals surface area contributed by atoms with E-state index in [2.05, 4.69) is 29.6 Å². The van der Waals surface area contributed by atoms with Gasteiger partial charge in [0.05, 0.1) is 12.2 Å². The molecule has 6 heteroatoms. The second kappa shape index (κ2) is 7.33. The number of nitrogens with zero attached hydrogens (tertiary/aromatic N) is 2. The van der Waals surface area contributed by atoms with Crippen molar-refractivity contribution in [3.63, 3.8) is 0 Å². The lowest BCUT2D eigenvalue weighted by atomic mass is 10.1. The number of hydrogen-bond acceptors (Lipinski definition) is 3. The monoisotopic (exact) mass is 270 g/mol. The van der Waals surface area contributed by atoms with Crippen LogP contribution < -0.4 is 10.6 Å². The molecule has 1 unspecified atom stereocenters. The fraction of sp³-hybridized carbons (Fsp3) is 0.667. The van der Waals surface area contributed by atoms with E-state index in [4.69, 9.17) is 17.0 Å². The fourth-order valence-electron chi connectivity index (χ4n) is 1.68. The van der Waals surface area contributed by atoms with Crippen molar-refractivity contribution in [1.29, 1.82) is 0 Å². The molecule has 0 aliphatic rings. The molecule has 5 nitrogen and oxygen atoms in total. The standard InChI is InChI=1S/C12H22N4OS/c1-9(11-8-14-16(3)10(11)2)15-12(18)13-6-5-7-17-4/h8-9H,5-7H2,1-4H3,(H2,13,15,18). The van der Waals surface area contributed by atoms with Gasteiger partial charge in [-0.25, -0.2) is 0 Å². The SMILES string of the molecule is COCCCNC(=S)NC(C)c1cnn(C)c1C. The molecule has 0 fully saturated rings. The number of nitrogens with one attached hydrogen (secondary N) is 2. The lowest BCUT2D eigenvalue weighted by molar-refractivity contribution is 0.195. The smallest absolute Gasteiger partial charge is 0.166 e. The zero-order chi connectivity index (χ0) is 13.5. The molecule has 0 saturated heterocycles. The van der Waals surface area contributed by atoms with Crippen LogP contribution >= 0.6 is 12.2 Å². The summed E-state index contributed by atoms with van der Waals surface area (Å²) in [6, 6.07) is 0.154. The summed E-state index contributed by atoms with van der Waals surface area (Å²) in [6.45, 7) is 5.69. The first-order valence-corrected chi connectivity index (χ1v) is 6.49. The van der Waals surface area contributed by atoms with Crippen LogP contribution in [0.5, 0.6) is 0 Å². The van der Waals surface area contributed by atoms with E-state index in [0.717, 1.165) is 25.3 Å². The summed E-state index contributed by atoms with van der Waals surface area (Å²) in [7, 11) is 3.64. The third kappa shape index (κ3) is 4.27. The first-order valence-electron chi connectivity index (χ1n) is 6.08. The molecule has 18 heavy (non-hydrogen) atoms. The van der Waals surface area contributed by atoms with Crippen molar-refractivity contribution in [2.24, 2.45) is 7.05 Å². The molecule has 0 aromatic carbocycles. The molecule has 1 atom stereocenters. The summed E-state index contributed by atoms with van der Waals surface area (Å²) in [4.78, 5) is 0. The zero-order valence-corrected chi connectivity index (χ0v) is 12.3. The molecule has 0 amide bonds. The van der Waals surface area contributed by atoms with Crippen LogP contribution in [0.1, 0.15) is 30.6 Å². The van der Waals surface area contributed by atoms with Gasteiger partial charge in [-0.15, -0.1) is 0 Å². The molecule has 2 N–H and O–H groups in total. The summed E-state index contributed by atoms with van der Waals surface area (Å²) >= 11 is 5.24. The number of thiocarbonyl (C=S) groups is 1. The Bertz CT molecular complexity index is 391. The minimum Gasteiger partial charge on any atom is -0.385 e. The van der Waals surface area contributed by atoms with Crippen LogP contribution in [0.15, 0.2) is 6.20 Å². The molecule has 0 radical (unpaired) electrons. The zero-order valence-electron chi connectivity index (χ0n) is 11.5. The summed E-state index contributed by atoms with van der Waals surface area (Å²) in [5, 5.41) is 11.3. The van der Waals surface area contributed by atoms with E-state index >= 15 is 0 Å². The Morgan fingerprint density at radius 3 is 2.89 bits per heavy atom. The molecule has 0 aliphatic heterocycles. The number of aryl methyl sites for hydroxylation is 1. The van der Waals surface area contributed by atoms with Crippen LogP contribution in [0.3, 0.4) is 0 Å². The van der Waals surface area contributed by atoms with Crippen LogP contribution in [0.4, 0.5) is 0 Å². The number of ether oxygens (including phenoxy) is 1. The molecule has 0 bridgehead atoms. The minimum atomic E-state index is 0.154. The Morgan fingerprint density at radius 1 is 1.61 bits per heavy atom. The topological polar surface area (TPSA) is 51.1 Å². The number of hydrogen-bond donors (Lipinski definition) is 2. The van der Waals surface area contributed by atoms with Crippen LogP contribution in [-0.2, 0) is 11.8 Å². The predicted molar refractivity (Wildman–Crippen MR) is 76.6 cm³/mol. The molecular formula is C12H22N4OS. The van der Waals surface area contributed by atoms with Crippen molar-refractivity contribution in [3.05, 3.63) is 17.5 Å². The fourth-order valence-corrected chi connectivity index (χ4v) is 1.96. The Balaban J connectivity index is 2.38. The highest BCUT2D eigenvalue weighted by Crippen LogP contribution is 2.15. The molecule has 1 aromatic heterocycles. The Morgan fingerprint density at radius 2 is 2.33 bits per heavy atom. The maximum absolute atomic E-state index is 5.24. The molecule has 0 saturated carbocycles. The largest absolute Gasteiger partial charge is 0.385 e. The molecule has 1 aromatic rings. The first kappa shape index (κ1) is 14.9. The van der Waals surface area contributed by atoms with Gasteiger partial charge in [0, 0.05) is 38.6 Å². The van der Waals surface area contributed by atoms with Crippen LogP contribution in [0, 0.1) is 6.92 Å². The van der Waals surface area contributed by atoms with Gasteiger partial charge < -0.3 is 15.4 Å². The number of rotatable bonds is 6. The van der Waals surface area contributed by atoms with Gasteiger partial charge in [-0.2, -0.15) is 5.10 Å². The van der Waals surface area contributed by atoms with Crippen LogP contribution in [0.2, 0.25) is 0 Å².